The molecule has 37 heavy (non-hydrogen) atoms. The first-order valence-electron chi connectivity index (χ1n) is 11.0. The van der Waals surface area contributed by atoms with Gasteiger partial charge in [0, 0.05) is 12.1 Å². The Morgan fingerprint density at radius 3 is 2.32 bits per heavy atom. The van der Waals surface area contributed by atoms with Crippen LogP contribution in [0.4, 0.5) is 5.69 Å². The maximum Gasteiger partial charge on any atom is 0.275 e. The first-order chi connectivity index (χ1) is 17.9. The third-order valence-electron chi connectivity index (χ3n) is 5.47. The van der Waals surface area contributed by atoms with Gasteiger partial charge in [0.25, 0.3) is 11.6 Å². The van der Waals surface area contributed by atoms with Gasteiger partial charge in [-0.15, -0.1) is 0 Å². The second kappa shape index (κ2) is 11.4. The van der Waals surface area contributed by atoms with E-state index in [0.29, 0.717) is 28.4 Å². The van der Waals surface area contributed by atoms with E-state index in [9.17, 15) is 14.9 Å². The molecule has 0 bridgehead atoms. The van der Waals surface area contributed by atoms with Crippen molar-refractivity contribution in [2.24, 2.45) is 5.10 Å². The van der Waals surface area contributed by atoms with E-state index in [2.05, 4.69) is 10.5 Å². The fraction of sp³-hybridized carbons (Fsp3) is 0.111. The number of hydrogen-bond donors (Lipinski definition) is 1. The Balaban J connectivity index is 1.46. The lowest BCUT2D eigenvalue weighted by atomic mass is 10.1. The van der Waals surface area contributed by atoms with Gasteiger partial charge in [-0.2, -0.15) is 5.10 Å². The van der Waals surface area contributed by atoms with Crippen LogP contribution < -0.4 is 19.6 Å². The van der Waals surface area contributed by atoms with Crippen molar-refractivity contribution in [3.8, 4) is 17.2 Å². The van der Waals surface area contributed by atoms with Crippen LogP contribution in [-0.2, 0) is 6.61 Å². The van der Waals surface area contributed by atoms with Gasteiger partial charge in [-0.25, -0.2) is 5.43 Å². The average Bonchev–Trinajstić information content (AvgIpc) is 2.91. The Kier molecular flexibility index (Phi) is 7.85. The molecule has 1 amide bonds. The summed E-state index contributed by atoms with van der Waals surface area (Å²) in [6.45, 7) is 0.130. The van der Waals surface area contributed by atoms with Crippen LogP contribution in [0.3, 0.4) is 0 Å². The van der Waals surface area contributed by atoms with Crippen LogP contribution in [0, 0.1) is 10.1 Å². The second-order valence-electron chi connectivity index (χ2n) is 7.85. The summed E-state index contributed by atoms with van der Waals surface area (Å²) in [5, 5.41) is 17.0. The molecule has 4 aromatic carbocycles. The highest BCUT2D eigenvalue weighted by molar-refractivity contribution is 6.32. The number of benzene rings is 4. The Morgan fingerprint density at radius 2 is 1.68 bits per heavy atom. The molecule has 0 saturated carbocycles. The molecule has 0 aliphatic rings. The predicted molar refractivity (Wildman–Crippen MR) is 141 cm³/mol. The number of nitro groups is 1. The molecule has 9 nitrogen and oxygen atoms in total. The monoisotopic (exact) mass is 519 g/mol. The molecule has 0 heterocycles. The molecule has 10 heteroatoms. The molecule has 0 saturated heterocycles. The first kappa shape index (κ1) is 25.5. The molecule has 0 aromatic heterocycles. The molecule has 0 spiro atoms. The van der Waals surface area contributed by atoms with Crippen molar-refractivity contribution in [3.63, 3.8) is 0 Å². The van der Waals surface area contributed by atoms with Gasteiger partial charge >= 0.3 is 0 Å². The molecular weight excluding hydrogens is 498 g/mol. The SMILES string of the molecule is COc1cc2ccccc2cc1C(=O)N/N=C\c1cc(Cl)c(OCc2ccc([N+](=O)[O-])cc2)c(OC)c1. The summed E-state index contributed by atoms with van der Waals surface area (Å²) in [4.78, 5) is 23.1. The zero-order valence-corrected chi connectivity index (χ0v) is 20.7. The van der Waals surface area contributed by atoms with Gasteiger partial charge in [0.2, 0.25) is 0 Å². The molecule has 0 radical (unpaired) electrons. The van der Waals surface area contributed by atoms with Gasteiger partial charge in [-0.1, -0.05) is 35.9 Å². The Hall–Kier alpha value is -4.63. The maximum absolute atomic E-state index is 12.8. The standard InChI is InChI=1S/C27H22ClN3O6/c1-35-24-14-20-6-4-3-5-19(20)13-22(24)27(32)30-29-15-18-11-23(28)26(25(12-18)36-2)37-16-17-7-9-21(10-8-17)31(33)34/h3-15H,16H2,1-2H3,(H,30,32)/b29-15-. The van der Waals surface area contributed by atoms with Crippen molar-refractivity contribution in [1.82, 2.24) is 5.43 Å². The number of halogens is 1. The molecular formula is C27H22ClN3O6. The summed E-state index contributed by atoms with van der Waals surface area (Å²) in [5.41, 5.74) is 4.14. The minimum Gasteiger partial charge on any atom is -0.496 e. The largest absolute Gasteiger partial charge is 0.496 e. The smallest absolute Gasteiger partial charge is 0.275 e. The number of nitrogens with one attached hydrogen (secondary N) is 1. The number of non-ortho nitro benzene ring substituents is 1. The van der Waals surface area contributed by atoms with Crippen LogP contribution in [0.1, 0.15) is 21.5 Å². The fourth-order valence-electron chi connectivity index (χ4n) is 3.62. The number of methoxy groups -OCH3 is 2. The van der Waals surface area contributed by atoms with Crippen molar-refractivity contribution >= 4 is 40.2 Å². The van der Waals surface area contributed by atoms with Crippen LogP contribution in [0.5, 0.6) is 17.2 Å². The summed E-state index contributed by atoms with van der Waals surface area (Å²) in [7, 11) is 2.97. The number of amides is 1. The Labute approximate surface area is 217 Å². The molecule has 0 aliphatic carbocycles. The molecule has 0 fully saturated rings. The van der Waals surface area contributed by atoms with E-state index < -0.39 is 10.8 Å². The molecule has 0 aliphatic heterocycles. The van der Waals surface area contributed by atoms with Crippen LogP contribution in [-0.4, -0.2) is 31.3 Å². The topological polar surface area (TPSA) is 112 Å². The van der Waals surface area contributed by atoms with Crippen LogP contribution in [0.15, 0.2) is 77.9 Å². The number of ether oxygens (including phenoxy) is 3. The van der Waals surface area contributed by atoms with Crippen molar-refractivity contribution < 1.29 is 23.9 Å². The average molecular weight is 520 g/mol. The van der Waals surface area contributed by atoms with Crippen molar-refractivity contribution in [1.29, 1.82) is 0 Å². The van der Waals surface area contributed by atoms with E-state index in [1.165, 1.54) is 32.6 Å². The Bertz CT molecular complexity index is 1490. The van der Waals surface area contributed by atoms with Crippen LogP contribution >= 0.6 is 11.6 Å². The number of nitro benzene ring substituents is 1. The summed E-state index contributed by atoms with van der Waals surface area (Å²) < 4.78 is 16.6. The van der Waals surface area contributed by atoms with Crippen molar-refractivity contribution in [2.45, 2.75) is 6.61 Å². The summed E-state index contributed by atoms with van der Waals surface area (Å²) in [6.07, 6.45) is 1.43. The summed E-state index contributed by atoms with van der Waals surface area (Å²) in [6, 6.07) is 20.5. The number of fused-ring (bicyclic) bond motifs is 1. The van der Waals surface area contributed by atoms with Gasteiger partial charge in [-0.3, -0.25) is 14.9 Å². The molecule has 0 atom stereocenters. The lowest BCUT2D eigenvalue weighted by Gasteiger charge is -2.13. The number of rotatable bonds is 9. The maximum atomic E-state index is 12.8. The zero-order valence-electron chi connectivity index (χ0n) is 19.9. The van der Waals surface area contributed by atoms with Gasteiger partial charge in [-0.05, 0) is 58.3 Å². The van der Waals surface area contributed by atoms with E-state index in [-0.39, 0.29) is 17.3 Å². The third-order valence-corrected chi connectivity index (χ3v) is 5.76. The van der Waals surface area contributed by atoms with E-state index >= 15 is 0 Å². The first-order valence-corrected chi connectivity index (χ1v) is 11.4. The number of hydrazone groups is 1. The van der Waals surface area contributed by atoms with E-state index in [4.69, 9.17) is 25.8 Å². The van der Waals surface area contributed by atoms with Crippen LogP contribution in [0.25, 0.3) is 10.8 Å². The Morgan fingerprint density at radius 1 is 1.00 bits per heavy atom. The van der Waals surface area contributed by atoms with Crippen LogP contribution in [0.2, 0.25) is 5.02 Å². The number of carbonyl (C=O) groups is 1. The molecule has 4 aromatic rings. The fourth-order valence-corrected chi connectivity index (χ4v) is 3.89. The second-order valence-corrected chi connectivity index (χ2v) is 8.25. The van der Waals surface area contributed by atoms with Gasteiger partial charge < -0.3 is 14.2 Å². The van der Waals surface area contributed by atoms with Gasteiger partial charge in [0.05, 0.1) is 35.9 Å². The van der Waals surface area contributed by atoms with E-state index in [1.807, 2.05) is 24.3 Å². The number of carbonyl (C=O) groups excluding carboxylic acids is 1. The zero-order chi connectivity index (χ0) is 26.4. The van der Waals surface area contributed by atoms with E-state index in [0.717, 1.165) is 16.3 Å². The minimum atomic E-state index is -0.467. The summed E-state index contributed by atoms with van der Waals surface area (Å²) >= 11 is 6.42. The van der Waals surface area contributed by atoms with Crippen molar-refractivity contribution in [2.75, 3.05) is 14.2 Å². The third kappa shape index (κ3) is 5.96. The quantitative estimate of drug-likeness (QED) is 0.171. The molecule has 1 N–H and O–H groups in total. The lowest BCUT2D eigenvalue weighted by Crippen LogP contribution is -2.18. The van der Waals surface area contributed by atoms with Gasteiger partial charge in [0.1, 0.15) is 12.4 Å². The number of nitrogens with zero attached hydrogens (tertiary/aromatic N) is 2. The van der Waals surface area contributed by atoms with Crippen molar-refractivity contribution in [3.05, 3.63) is 105 Å². The molecule has 4 rings (SSSR count). The number of hydrogen-bond acceptors (Lipinski definition) is 7. The predicted octanol–water partition coefficient (Wildman–Crippen LogP) is 5.76. The molecule has 0 unspecified atom stereocenters. The molecule has 188 valence electrons. The summed E-state index contributed by atoms with van der Waals surface area (Å²) in [5.74, 6) is 0.675. The van der Waals surface area contributed by atoms with Gasteiger partial charge in [0.15, 0.2) is 11.5 Å². The highest BCUT2D eigenvalue weighted by Gasteiger charge is 2.15. The highest BCUT2D eigenvalue weighted by atomic mass is 35.5. The minimum absolute atomic E-state index is 0.00541. The normalized spacial score (nSPS) is 10.9. The highest BCUT2D eigenvalue weighted by Crippen LogP contribution is 2.36. The van der Waals surface area contributed by atoms with E-state index in [1.54, 1.807) is 36.4 Å². The lowest BCUT2D eigenvalue weighted by molar-refractivity contribution is -0.384.